The van der Waals surface area contributed by atoms with Crippen LogP contribution in [0.3, 0.4) is 0 Å². The van der Waals surface area contributed by atoms with Gasteiger partial charge in [0.05, 0.1) is 5.57 Å². The number of aromatic hydroxyl groups is 1. The zero-order valence-electron chi connectivity index (χ0n) is 17.6. The molecule has 160 valence electrons. The van der Waals surface area contributed by atoms with Gasteiger partial charge in [-0.05, 0) is 55.8 Å². The molecule has 0 unspecified atom stereocenters. The quantitative estimate of drug-likeness (QED) is 0.512. The number of fused-ring (bicyclic) bond motifs is 1. The van der Waals surface area contributed by atoms with Crippen molar-refractivity contribution in [3.8, 4) is 11.6 Å². The van der Waals surface area contributed by atoms with Gasteiger partial charge in [0.25, 0.3) is 0 Å². The predicted octanol–water partition coefficient (Wildman–Crippen LogP) is 4.26. The largest absolute Gasteiger partial charge is 0.493 e. The van der Waals surface area contributed by atoms with Crippen molar-refractivity contribution in [1.29, 1.82) is 0 Å². The van der Waals surface area contributed by atoms with Crippen molar-refractivity contribution >= 4 is 22.8 Å². The average molecular weight is 427 g/mol. The van der Waals surface area contributed by atoms with Crippen molar-refractivity contribution in [2.45, 2.75) is 26.1 Å². The lowest BCUT2D eigenvalue weighted by Gasteiger charge is -2.17. The summed E-state index contributed by atoms with van der Waals surface area (Å²) in [6, 6.07) is 16.4. The highest BCUT2D eigenvalue weighted by Crippen LogP contribution is 2.41. The smallest absolute Gasteiger partial charge is 0.222 e. The molecule has 4 aromatic rings. The van der Waals surface area contributed by atoms with Gasteiger partial charge in [-0.3, -0.25) is 14.2 Å². The van der Waals surface area contributed by atoms with Crippen LogP contribution in [0.5, 0.6) is 11.6 Å². The van der Waals surface area contributed by atoms with Crippen LogP contribution in [0.25, 0.3) is 17.0 Å². The third-order valence-electron chi connectivity index (χ3n) is 5.39. The summed E-state index contributed by atoms with van der Waals surface area (Å²) >= 11 is 0. The van der Waals surface area contributed by atoms with Crippen LogP contribution in [0.1, 0.15) is 30.7 Å². The lowest BCUT2D eigenvalue weighted by atomic mass is 9.93. The first kappa shape index (κ1) is 19.8. The minimum atomic E-state index is -0.941. The molecule has 7 nitrogen and oxygen atoms in total. The third kappa shape index (κ3) is 3.37. The van der Waals surface area contributed by atoms with E-state index in [0.717, 1.165) is 11.1 Å². The van der Waals surface area contributed by atoms with Gasteiger partial charge in [-0.15, -0.1) is 0 Å². The molecule has 1 aliphatic heterocycles. The van der Waals surface area contributed by atoms with Crippen LogP contribution >= 0.6 is 0 Å². The summed E-state index contributed by atoms with van der Waals surface area (Å²) < 4.78 is 13.4. The van der Waals surface area contributed by atoms with E-state index in [0.29, 0.717) is 28.4 Å². The van der Waals surface area contributed by atoms with Gasteiger partial charge < -0.3 is 14.6 Å². The molecular formula is C25H21N3O4. The van der Waals surface area contributed by atoms with Crippen LogP contribution in [0.15, 0.2) is 73.2 Å². The number of nitrogens with zero attached hydrogens (tertiary/aromatic N) is 3. The molecule has 4 heterocycles. The Kier molecular flexibility index (Phi) is 4.66. The van der Waals surface area contributed by atoms with Gasteiger partial charge in [0.15, 0.2) is 5.60 Å². The Morgan fingerprint density at radius 1 is 1.03 bits per heavy atom. The van der Waals surface area contributed by atoms with Crippen LogP contribution in [0.2, 0.25) is 0 Å². The predicted molar refractivity (Wildman–Crippen MR) is 119 cm³/mol. The van der Waals surface area contributed by atoms with Crippen molar-refractivity contribution in [2.75, 3.05) is 0 Å². The number of benzene rings is 1. The van der Waals surface area contributed by atoms with Gasteiger partial charge in [-0.1, -0.05) is 18.2 Å². The maximum absolute atomic E-state index is 13.1. The molecular weight excluding hydrogens is 406 g/mol. The fourth-order valence-electron chi connectivity index (χ4n) is 3.72. The van der Waals surface area contributed by atoms with Crippen molar-refractivity contribution in [2.24, 2.45) is 0 Å². The first-order chi connectivity index (χ1) is 15.4. The molecule has 0 saturated heterocycles. The lowest BCUT2D eigenvalue weighted by Crippen LogP contribution is -2.29. The van der Waals surface area contributed by atoms with Gasteiger partial charge in [0.2, 0.25) is 11.7 Å². The van der Waals surface area contributed by atoms with E-state index >= 15 is 0 Å². The molecule has 0 radical (unpaired) electrons. The SMILES string of the molecule is CC1(C)OC(c2ccncc2)=C(c2ccc(OCc3nc4ccccn4c3O)cc2)C1=O. The van der Waals surface area contributed by atoms with Gasteiger partial charge in [-0.25, -0.2) is 4.98 Å². The molecule has 1 N–H and O–H groups in total. The highest BCUT2D eigenvalue weighted by molar-refractivity contribution is 6.32. The molecule has 3 aromatic heterocycles. The molecule has 0 atom stereocenters. The first-order valence-electron chi connectivity index (χ1n) is 10.2. The second kappa shape index (κ2) is 7.53. The summed E-state index contributed by atoms with van der Waals surface area (Å²) in [5.74, 6) is 1.13. The van der Waals surface area contributed by atoms with Crippen molar-refractivity contribution < 1.29 is 19.4 Å². The Hall–Kier alpha value is -4.13. The Bertz CT molecular complexity index is 1340. The van der Waals surface area contributed by atoms with E-state index in [2.05, 4.69) is 9.97 Å². The summed E-state index contributed by atoms with van der Waals surface area (Å²) in [5.41, 5.74) is 2.24. The fourth-order valence-corrected chi connectivity index (χ4v) is 3.72. The van der Waals surface area contributed by atoms with Crippen LogP contribution in [-0.4, -0.2) is 30.9 Å². The maximum atomic E-state index is 13.1. The number of aromatic nitrogens is 3. The fraction of sp³-hybridized carbons (Fsp3) is 0.160. The number of carbonyl (C=O) groups is 1. The molecule has 5 rings (SSSR count). The zero-order chi connectivity index (χ0) is 22.3. The number of ether oxygens (including phenoxy) is 2. The van der Waals surface area contributed by atoms with Gasteiger partial charge in [0.1, 0.15) is 29.5 Å². The summed E-state index contributed by atoms with van der Waals surface area (Å²) in [6.07, 6.45) is 5.09. The van der Waals surface area contributed by atoms with E-state index in [1.54, 1.807) is 49.0 Å². The van der Waals surface area contributed by atoms with Crippen LogP contribution in [-0.2, 0) is 16.1 Å². The molecule has 0 bridgehead atoms. The summed E-state index contributed by atoms with van der Waals surface area (Å²) in [6.45, 7) is 3.65. The number of hydrogen-bond acceptors (Lipinski definition) is 6. The lowest BCUT2D eigenvalue weighted by molar-refractivity contribution is -0.125. The minimum Gasteiger partial charge on any atom is -0.493 e. The van der Waals surface area contributed by atoms with E-state index < -0.39 is 5.60 Å². The number of pyridine rings is 2. The monoisotopic (exact) mass is 427 g/mol. The van der Waals surface area contributed by atoms with Crippen LogP contribution in [0, 0.1) is 0 Å². The maximum Gasteiger partial charge on any atom is 0.222 e. The minimum absolute atomic E-state index is 0.0558. The average Bonchev–Trinajstić information content (AvgIpc) is 3.26. The summed E-state index contributed by atoms with van der Waals surface area (Å²) in [5, 5.41) is 10.3. The van der Waals surface area contributed by atoms with E-state index in [9.17, 15) is 9.90 Å². The number of carbonyl (C=O) groups excluding carboxylic acids is 1. The number of rotatable bonds is 5. The van der Waals surface area contributed by atoms with Gasteiger partial charge in [0, 0.05) is 24.2 Å². The summed E-state index contributed by atoms with van der Waals surface area (Å²) in [7, 11) is 0. The Morgan fingerprint density at radius 3 is 2.50 bits per heavy atom. The molecule has 0 amide bonds. The van der Waals surface area contributed by atoms with Crippen molar-refractivity contribution in [1.82, 2.24) is 14.4 Å². The highest BCUT2D eigenvalue weighted by atomic mass is 16.5. The van der Waals surface area contributed by atoms with E-state index in [4.69, 9.17) is 9.47 Å². The normalized spacial score (nSPS) is 15.2. The molecule has 1 aliphatic rings. The topological polar surface area (TPSA) is 86.0 Å². The van der Waals surface area contributed by atoms with E-state index in [-0.39, 0.29) is 18.3 Å². The highest BCUT2D eigenvalue weighted by Gasteiger charge is 2.42. The van der Waals surface area contributed by atoms with Crippen molar-refractivity contribution in [3.05, 3.63) is 90.0 Å². The molecule has 0 fully saturated rings. The number of hydrogen-bond donors (Lipinski definition) is 1. The number of Topliss-reactive ketones (excluding diaryl/α,β-unsaturated/α-hetero) is 1. The van der Waals surface area contributed by atoms with Crippen LogP contribution < -0.4 is 4.74 Å². The number of imidazole rings is 1. The van der Waals surface area contributed by atoms with Gasteiger partial charge in [-0.2, -0.15) is 0 Å². The standard InChI is InChI=1S/C25H21N3O4/c1-25(2)23(29)21(22(32-25)17-10-12-26-13-11-17)16-6-8-18(9-7-16)31-15-19-24(30)28-14-4-3-5-20(28)27-19/h3-14,30H,15H2,1-2H3. The second-order valence-corrected chi connectivity index (χ2v) is 8.01. The molecule has 32 heavy (non-hydrogen) atoms. The number of ketones is 1. The Labute approximate surface area is 184 Å². The molecule has 0 aliphatic carbocycles. The van der Waals surface area contributed by atoms with Crippen molar-refractivity contribution in [3.63, 3.8) is 0 Å². The zero-order valence-corrected chi connectivity index (χ0v) is 17.6. The van der Waals surface area contributed by atoms with Gasteiger partial charge >= 0.3 is 0 Å². The Balaban J connectivity index is 1.41. The molecule has 0 saturated carbocycles. The first-order valence-corrected chi connectivity index (χ1v) is 10.2. The van der Waals surface area contributed by atoms with E-state index in [1.165, 1.54) is 0 Å². The van der Waals surface area contributed by atoms with Crippen LogP contribution in [0.4, 0.5) is 0 Å². The third-order valence-corrected chi connectivity index (χ3v) is 5.39. The molecule has 0 spiro atoms. The van der Waals surface area contributed by atoms with E-state index in [1.807, 2.05) is 42.5 Å². The summed E-state index contributed by atoms with van der Waals surface area (Å²) in [4.78, 5) is 21.5. The molecule has 1 aromatic carbocycles. The molecule has 7 heteroatoms. The Morgan fingerprint density at radius 2 is 1.78 bits per heavy atom. The second-order valence-electron chi connectivity index (χ2n) is 8.01.